The summed E-state index contributed by atoms with van der Waals surface area (Å²) in [6.45, 7) is 3.65. The van der Waals surface area contributed by atoms with E-state index >= 15 is 0 Å². The number of aryl methyl sites for hydroxylation is 2. The Labute approximate surface area is 70.2 Å². The number of nitrogens with one attached hydrogen (secondary N) is 1. The summed E-state index contributed by atoms with van der Waals surface area (Å²) in [4.78, 5) is 10.3. The molecule has 0 aromatic carbocycles. The van der Waals surface area contributed by atoms with Gasteiger partial charge < -0.3 is 5.73 Å². The topological polar surface area (TPSA) is 71.8 Å². The van der Waals surface area contributed by atoms with Gasteiger partial charge in [0.2, 0.25) is 0 Å². The lowest BCUT2D eigenvalue weighted by atomic mass is 10.2. The van der Waals surface area contributed by atoms with E-state index in [9.17, 15) is 4.79 Å². The number of aromatic amines is 1. The fraction of sp³-hybridized carbons (Fsp3) is 0.250. The lowest BCUT2D eigenvalue weighted by Gasteiger charge is -1.85. The van der Waals surface area contributed by atoms with E-state index in [1.54, 1.807) is 0 Å². The SMILES string of the molecule is Cc1n[nH]c(C)c1C#CC(N)=O. The maximum atomic E-state index is 10.3. The molecule has 0 radical (unpaired) electrons. The number of aromatic nitrogens is 2. The Morgan fingerprint density at radius 1 is 1.58 bits per heavy atom. The van der Waals surface area contributed by atoms with E-state index in [-0.39, 0.29) is 0 Å². The minimum Gasteiger partial charge on any atom is -0.359 e. The van der Waals surface area contributed by atoms with Crippen molar-refractivity contribution in [2.45, 2.75) is 13.8 Å². The van der Waals surface area contributed by atoms with Gasteiger partial charge in [0, 0.05) is 11.6 Å². The molecule has 0 aliphatic heterocycles. The summed E-state index contributed by atoms with van der Waals surface area (Å²) in [7, 11) is 0. The van der Waals surface area contributed by atoms with Gasteiger partial charge in [-0.05, 0) is 13.8 Å². The molecule has 0 unspecified atom stereocenters. The van der Waals surface area contributed by atoms with Crippen LogP contribution in [-0.4, -0.2) is 16.1 Å². The van der Waals surface area contributed by atoms with Crippen LogP contribution in [0.3, 0.4) is 0 Å². The van der Waals surface area contributed by atoms with E-state index in [2.05, 4.69) is 22.0 Å². The second kappa shape index (κ2) is 3.09. The van der Waals surface area contributed by atoms with Crippen LogP contribution in [0.15, 0.2) is 0 Å². The van der Waals surface area contributed by atoms with Crippen molar-refractivity contribution in [3.05, 3.63) is 17.0 Å². The van der Waals surface area contributed by atoms with Crippen LogP contribution in [0.5, 0.6) is 0 Å². The largest absolute Gasteiger partial charge is 0.359 e. The summed E-state index contributed by atoms with van der Waals surface area (Å²) in [5.41, 5.74) is 7.24. The maximum Gasteiger partial charge on any atom is 0.293 e. The third kappa shape index (κ3) is 1.64. The second-order valence-corrected chi connectivity index (χ2v) is 2.42. The molecule has 12 heavy (non-hydrogen) atoms. The lowest BCUT2D eigenvalue weighted by Crippen LogP contribution is -2.06. The Morgan fingerprint density at radius 2 is 2.25 bits per heavy atom. The molecule has 3 N–H and O–H groups in total. The van der Waals surface area contributed by atoms with Gasteiger partial charge in [0.15, 0.2) is 0 Å². The van der Waals surface area contributed by atoms with Crippen LogP contribution in [-0.2, 0) is 4.79 Å². The van der Waals surface area contributed by atoms with Crippen molar-refractivity contribution in [3.8, 4) is 11.8 Å². The molecule has 1 heterocycles. The van der Waals surface area contributed by atoms with E-state index in [0.717, 1.165) is 17.0 Å². The molecule has 4 nitrogen and oxygen atoms in total. The first-order chi connectivity index (χ1) is 5.61. The standard InChI is InChI=1S/C8H9N3O/c1-5-7(3-4-8(9)12)6(2)11-10-5/h1-2H3,(H2,9,12)(H,10,11). The van der Waals surface area contributed by atoms with E-state index in [1.807, 2.05) is 13.8 Å². The Bertz CT molecular complexity index is 348. The number of rotatable bonds is 0. The van der Waals surface area contributed by atoms with Gasteiger partial charge in [-0.25, -0.2) is 0 Å². The second-order valence-electron chi connectivity index (χ2n) is 2.42. The highest BCUT2D eigenvalue weighted by Gasteiger charge is 2.01. The molecule has 0 saturated carbocycles. The zero-order chi connectivity index (χ0) is 9.14. The number of hydrogen-bond donors (Lipinski definition) is 2. The fourth-order valence-electron chi connectivity index (χ4n) is 0.859. The van der Waals surface area contributed by atoms with Crippen LogP contribution < -0.4 is 5.73 Å². The summed E-state index contributed by atoms with van der Waals surface area (Å²) in [6.07, 6.45) is 0. The minimum atomic E-state index is -0.630. The molecule has 0 fully saturated rings. The van der Waals surface area contributed by atoms with Crippen molar-refractivity contribution in [2.75, 3.05) is 0 Å². The average Bonchev–Trinajstić information content (AvgIpc) is 2.28. The Balaban J connectivity index is 3.05. The molecule has 0 atom stereocenters. The molecule has 1 aromatic heterocycles. The van der Waals surface area contributed by atoms with Crippen molar-refractivity contribution in [2.24, 2.45) is 5.73 Å². The lowest BCUT2D eigenvalue weighted by molar-refractivity contribution is -0.112. The molecule has 1 amide bonds. The summed E-state index contributed by atoms with van der Waals surface area (Å²) in [5, 5.41) is 6.67. The monoisotopic (exact) mass is 163 g/mol. The normalized spacial score (nSPS) is 8.83. The van der Waals surface area contributed by atoms with Crippen molar-refractivity contribution >= 4 is 5.91 Å². The van der Waals surface area contributed by atoms with E-state index in [0.29, 0.717) is 0 Å². The molecule has 0 saturated heterocycles. The van der Waals surface area contributed by atoms with Crippen LogP contribution in [0.1, 0.15) is 17.0 Å². The van der Waals surface area contributed by atoms with Gasteiger partial charge in [-0.3, -0.25) is 9.89 Å². The van der Waals surface area contributed by atoms with Gasteiger partial charge in [0.25, 0.3) is 5.91 Å². The highest BCUT2D eigenvalue weighted by atomic mass is 16.1. The molecule has 4 heteroatoms. The molecule has 1 rings (SSSR count). The van der Waals surface area contributed by atoms with Crippen molar-refractivity contribution < 1.29 is 4.79 Å². The number of nitrogens with zero attached hydrogens (tertiary/aromatic N) is 1. The van der Waals surface area contributed by atoms with Gasteiger partial charge in [-0.2, -0.15) is 5.10 Å². The van der Waals surface area contributed by atoms with Crippen molar-refractivity contribution in [1.29, 1.82) is 0 Å². The van der Waals surface area contributed by atoms with Crippen LogP contribution in [0.2, 0.25) is 0 Å². The summed E-state index contributed by atoms with van der Waals surface area (Å²) >= 11 is 0. The van der Waals surface area contributed by atoms with Crippen LogP contribution in [0.25, 0.3) is 0 Å². The molecule has 1 aromatic rings. The molecule has 0 aliphatic carbocycles. The van der Waals surface area contributed by atoms with Gasteiger partial charge >= 0.3 is 0 Å². The number of carbonyl (C=O) groups excluding carboxylic acids is 1. The molecule has 62 valence electrons. The predicted molar refractivity (Wildman–Crippen MR) is 44.1 cm³/mol. The number of hydrogen-bond acceptors (Lipinski definition) is 2. The van der Waals surface area contributed by atoms with Gasteiger partial charge in [-0.15, -0.1) is 0 Å². The third-order valence-electron chi connectivity index (χ3n) is 1.44. The number of primary amides is 1. The van der Waals surface area contributed by atoms with Gasteiger partial charge in [0.1, 0.15) is 0 Å². The zero-order valence-corrected chi connectivity index (χ0v) is 6.93. The molecular formula is C8H9N3O. The Morgan fingerprint density at radius 3 is 2.67 bits per heavy atom. The van der Waals surface area contributed by atoms with Crippen molar-refractivity contribution in [1.82, 2.24) is 10.2 Å². The number of carbonyl (C=O) groups is 1. The highest BCUT2D eigenvalue weighted by molar-refractivity contribution is 5.92. The predicted octanol–water partition coefficient (Wildman–Crippen LogP) is -0.137. The average molecular weight is 163 g/mol. The van der Waals surface area contributed by atoms with Crippen LogP contribution in [0, 0.1) is 25.7 Å². The van der Waals surface area contributed by atoms with E-state index in [1.165, 1.54) is 0 Å². The summed E-state index contributed by atoms with van der Waals surface area (Å²) < 4.78 is 0. The first kappa shape index (κ1) is 8.34. The maximum absolute atomic E-state index is 10.3. The van der Waals surface area contributed by atoms with Gasteiger partial charge in [0.05, 0.1) is 11.3 Å². The third-order valence-corrected chi connectivity index (χ3v) is 1.44. The van der Waals surface area contributed by atoms with E-state index in [4.69, 9.17) is 5.73 Å². The Hall–Kier alpha value is -1.76. The van der Waals surface area contributed by atoms with E-state index < -0.39 is 5.91 Å². The molecule has 0 aliphatic rings. The summed E-state index contributed by atoms with van der Waals surface area (Å²) in [6, 6.07) is 0. The minimum absolute atomic E-state index is 0.630. The fourth-order valence-corrected chi connectivity index (χ4v) is 0.859. The number of nitrogens with two attached hydrogens (primary N) is 1. The quantitative estimate of drug-likeness (QED) is 0.523. The highest BCUT2D eigenvalue weighted by Crippen LogP contribution is 2.05. The molecule has 0 bridgehead atoms. The number of H-pyrrole nitrogens is 1. The van der Waals surface area contributed by atoms with Crippen molar-refractivity contribution in [3.63, 3.8) is 0 Å². The number of amides is 1. The Kier molecular flexibility index (Phi) is 2.15. The zero-order valence-electron chi connectivity index (χ0n) is 6.93. The molecule has 0 spiro atoms. The van der Waals surface area contributed by atoms with Gasteiger partial charge in [-0.1, -0.05) is 5.92 Å². The van der Waals surface area contributed by atoms with Crippen LogP contribution >= 0.6 is 0 Å². The first-order valence-electron chi connectivity index (χ1n) is 3.44. The molecular weight excluding hydrogens is 154 g/mol. The first-order valence-corrected chi connectivity index (χ1v) is 3.44. The smallest absolute Gasteiger partial charge is 0.293 e. The summed E-state index contributed by atoms with van der Waals surface area (Å²) in [5.74, 6) is 4.27. The van der Waals surface area contributed by atoms with Crippen LogP contribution in [0.4, 0.5) is 0 Å².